The molecule has 1 aliphatic heterocycles. The van der Waals surface area contributed by atoms with E-state index in [1.165, 1.54) is 5.56 Å². The third-order valence-electron chi connectivity index (χ3n) is 6.61. The van der Waals surface area contributed by atoms with Gasteiger partial charge < -0.3 is 9.30 Å². The number of rotatable bonds is 5. The zero-order valence-electron chi connectivity index (χ0n) is 17.2. The van der Waals surface area contributed by atoms with Gasteiger partial charge >= 0.3 is 0 Å². The molecule has 0 radical (unpaired) electrons. The lowest BCUT2D eigenvalue weighted by molar-refractivity contribution is 0.0504. The van der Waals surface area contributed by atoms with Crippen molar-refractivity contribution in [3.63, 3.8) is 0 Å². The molecule has 1 aromatic carbocycles. The standard InChI is InChI=1S/C24H27FN4O/c1-17-26-10-11-29(17)22-12-19-15-28(14-18-5-7-21(25)8-6-18)16-20(19)13-23(22)30-24-4-2-3-9-27-24/h2-11,19-20,22-23H,12-16H2,1H3/t19-,20+,22-,23-/m0/s1. The van der Waals surface area contributed by atoms with Crippen molar-refractivity contribution in [1.82, 2.24) is 19.4 Å². The van der Waals surface area contributed by atoms with Gasteiger partial charge in [0.15, 0.2) is 0 Å². The number of hydrogen-bond donors (Lipinski definition) is 0. The summed E-state index contributed by atoms with van der Waals surface area (Å²) in [4.78, 5) is 11.3. The maximum Gasteiger partial charge on any atom is 0.213 e. The monoisotopic (exact) mass is 406 g/mol. The number of ether oxygens (including phenoxy) is 1. The van der Waals surface area contributed by atoms with Crippen LogP contribution in [0.4, 0.5) is 4.39 Å². The van der Waals surface area contributed by atoms with E-state index in [2.05, 4.69) is 32.6 Å². The number of benzene rings is 1. The number of aromatic nitrogens is 3. The highest BCUT2D eigenvalue weighted by Crippen LogP contribution is 2.43. The first-order chi connectivity index (χ1) is 14.7. The van der Waals surface area contributed by atoms with Gasteiger partial charge in [0.2, 0.25) is 5.88 Å². The number of pyridine rings is 1. The van der Waals surface area contributed by atoms with E-state index >= 15 is 0 Å². The summed E-state index contributed by atoms with van der Waals surface area (Å²) < 4.78 is 21.9. The average molecular weight is 407 g/mol. The predicted octanol–water partition coefficient (Wildman–Crippen LogP) is 4.26. The lowest BCUT2D eigenvalue weighted by Gasteiger charge is -2.38. The van der Waals surface area contributed by atoms with Crippen molar-refractivity contribution in [1.29, 1.82) is 0 Å². The van der Waals surface area contributed by atoms with E-state index in [0.29, 0.717) is 17.7 Å². The first-order valence-electron chi connectivity index (χ1n) is 10.7. The lowest BCUT2D eigenvalue weighted by atomic mass is 9.77. The van der Waals surface area contributed by atoms with Crippen LogP contribution >= 0.6 is 0 Å². The molecule has 0 bridgehead atoms. The van der Waals surface area contributed by atoms with Crippen molar-refractivity contribution in [2.75, 3.05) is 13.1 Å². The molecule has 2 fully saturated rings. The van der Waals surface area contributed by atoms with E-state index in [1.807, 2.05) is 36.5 Å². The third-order valence-corrected chi connectivity index (χ3v) is 6.61. The molecule has 0 N–H and O–H groups in total. The first-order valence-corrected chi connectivity index (χ1v) is 10.7. The number of fused-ring (bicyclic) bond motifs is 1. The molecule has 2 aromatic heterocycles. The minimum atomic E-state index is -0.179. The highest BCUT2D eigenvalue weighted by Gasteiger charge is 2.44. The van der Waals surface area contributed by atoms with Crippen LogP contribution < -0.4 is 4.74 Å². The van der Waals surface area contributed by atoms with Crippen molar-refractivity contribution < 1.29 is 9.13 Å². The summed E-state index contributed by atoms with van der Waals surface area (Å²) in [5.74, 6) is 2.75. The van der Waals surface area contributed by atoms with E-state index in [4.69, 9.17) is 4.74 Å². The fraction of sp³-hybridized carbons (Fsp3) is 0.417. The summed E-state index contributed by atoms with van der Waals surface area (Å²) in [7, 11) is 0. The minimum Gasteiger partial charge on any atom is -0.472 e. The van der Waals surface area contributed by atoms with Gasteiger partial charge in [0.1, 0.15) is 17.7 Å². The summed E-state index contributed by atoms with van der Waals surface area (Å²) in [6, 6.07) is 12.9. The van der Waals surface area contributed by atoms with Crippen LogP contribution in [0.5, 0.6) is 5.88 Å². The Kier molecular flexibility index (Phi) is 5.25. The second kappa shape index (κ2) is 8.19. The average Bonchev–Trinajstić information content (AvgIpc) is 3.35. The van der Waals surface area contributed by atoms with Crippen LogP contribution in [0.25, 0.3) is 0 Å². The number of imidazole rings is 1. The molecule has 3 heterocycles. The fourth-order valence-corrected chi connectivity index (χ4v) is 5.19. The Hall–Kier alpha value is -2.73. The van der Waals surface area contributed by atoms with E-state index in [0.717, 1.165) is 38.3 Å². The van der Waals surface area contributed by atoms with E-state index in [9.17, 15) is 4.39 Å². The second-order valence-corrected chi connectivity index (χ2v) is 8.59. The Balaban J connectivity index is 1.34. The fourth-order valence-electron chi connectivity index (χ4n) is 5.19. The first kappa shape index (κ1) is 19.2. The zero-order chi connectivity index (χ0) is 20.5. The van der Waals surface area contributed by atoms with Crippen molar-refractivity contribution in [3.05, 3.63) is 78.3 Å². The molecule has 5 nitrogen and oxygen atoms in total. The number of aryl methyl sites for hydroxylation is 1. The molecule has 2 aliphatic rings. The van der Waals surface area contributed by atoms with Crippen LogP contribution in [0.15, 0.2) is 61.1 Å². The second-order valence-electron chi connectivity index (χ2n) is 8.59. The molecule has 4 atom stereocenters. The van der Waals surface area contributed by atoms with Crippen LogP contribution in [0.3, 0.4) is 0 Å². The van der Waals surface area contributed by atoms with E-state index in [-0.39, 0.29) is 18.0 Å². The molecule has 156 valence electrons. The molecule has 0 amide bonds. The largest absolute Gasteiger partial charge is 0.472 e. The Labute approximate surface area is 176 Å². The molecular weight excluding hydrogens is 379 g/mol. The van der Waals surface area contributed by atoms with Crippen LogP contribution in [0, 0.1) is 24.6 Å². The molecule has 1 saturated heterocycles. The normalized spacial score (nSPS) is 26.5. The Morgan fingerprint density at radius 3 is 2.50 bits per heavy atom. The summed E-state index contributed by atoms with van der Waals surface area (Å²) in [6.45, 7) is 5.05. The highest BCUT2D eigenvalue weighted by molar-refractivity contribution is 5.16. The van der Waals surface area contributed by atoms with Crippen molar-refractivity contribution in [3.8, 4) is 5.88 Å². The van der Waals surface area contributed by atoms with Gasteiger partial charge in [-0.05, 0) is 55.4 Å². The number of hydrogen-bond acceptors (Lipinski definition) is 4. The Bertz CT molecular complexity index is 974. The maximum atomic E-state index is 13.2. The van der Waals surface area contributed by atoms with Gasteiger partial charge in [-0.1, -0.05) is 18.2 Å². The lowest BCUT2D eigenvalue weighted by Crippen LogP contribution is -2.40. The SMILES string of the molecule is Cc1nccn1[C@H]1C[C@H]2CN(Cc3ccc(F)cc3)C[C@H]2C[C@@H]1Oc1ccccn1. The van der Waals surface area contributed by atoms with Gasteiger partial charge in [-0.25, -0.2) is 14.4 Å². The van der Waals surface area contributed by atoms with Crippen molar-refractivity contribution in [2.45, 2.75) is 38.5 Å². The van der Waals surface area contributed by atoms with E-state index < -0.39 is 0 Å². The molecule has 30 heavy (non-hydrogen) atoms. The van der Waals surface area contributed by atoms with Gasteiger partial charge in [0.05, 0.1) is 6.04 Å². The molecular formula is C24H27FN4O. The molecule has 0 unspecified atom stereocenters. The molecule has 1 aliphatic carbocycles. The number of nitrogens with zero attached hydrogens (tertiary/aromatic N) is 4. The number of likely N-dealkylation sites (tertiary alicyclic amines) is 1. The molecule has 1 saturated carbocycles. The number of halogens is 1. The van der Waals surface area contributed by atoms with Gasteiger partial charge in [-0.2, -0.15) is 0 Å². The van der Waals surface area contributed by atoms with Gasteiger partial charge in [-0.3, -0.25) is 4.90 Å². The van der Waals surface area contributed by atoms with Crippen LogP contribution in [-0.4, -0.2) is 38.6 Å². The van der Waals surface area contributed by atoms with Gasteiger partial charge in [0, 0.05) is 44.3 Å². The Morgan fingerprint density at radius 2 is 1.80 bits per heavy atom. The molecule has 0 spiro atoms. The van der Waals surface area contributed by atoms with Gasteiger partial charge in [0.25, 0.3) is 0 Å². The summed E-state index contributed by atoms with van der Waals surface area (Å²) in [5.41, 5.74) is 1.17. The third kappa shape index (κ3) is 3.97. The maximum absolute atomic E-state index is 13.2. The Morgan fingerprint density at radius 1 is 1.00 bits per heavy atom. The smallest absolute Gasteiger partial charge is 0.213 e. The van der Waals surface area contributed by atoms with Crippen LogP contribution in [0.2, 0.25) is 0 Å². The highest BCUT2D eigenvalue weighted by atomic mass is 19.1. The zero-order valence-corrected chi connectivity index (χ0v) is 17.2. The summed E-state index contributed by atoms with van der Waals surface area (Å²) in [6.07, 6.45) is 7.86. The van der Waals surface area contributed by atoms with Crippen molar-refractivity contribution in [2.24, 2.45) is 11.8 Å². The topological polar surface area (TPSA) is 43.2 Å². The van der Waals surface area contributed by atoms with Crippen LogP contribution in [0.1, 0.15) is 30.3 Å². The molecule has 6 heteroatoms. The minimum absolute atomic E-state index is 0.0693. The van der Waals surface area contributed by atoms with Gasteiger partial charge in [-0.15, -0.1) is 0 Å². The quantitative estimate of drug-likeness (QED) is 0.635. The molecule has 5 rings (SSSR count). The summed E-state index contributed by atoms with van der Waals surface area (Å²) >= 11 is 0. The predicted molar refractivity (Wildman–Crippen MR) is 113 cm³/mol. The van der Waals surface area contributed by atoms with Crippen molar-refractivity contribution >= 4 is 0 Å². The summed E-state index contributed by atoms with van der Waals surface area (Å²) in [5, 5.41) is 0. The molecule has 3 aromatic rings. The van der Waals surface area contributed by atoms with Crippen LogP contribution in [-0.2, 0) is 6.54 Å². The van der Waals surface area contributed by atoms with E-state index in [1.54, 1.807) is 18.3 Å².